The van der Waals surface area contributed by atoms with E-state index in [0.717, 1.165) is 48.2 Å². The fourth-order valence-electron chi connectivity index (χ4n) is 7.76. The van der Waals surface area contributed by atoms with E-state index in [0.29, 0.717) is 44.6 Å². The molecule has 9 nitrogen and oxygen atoms in total. The summed E-state index contributed by atoms with van der Waals surface area (Å²) in [6.45, 7) is 6.81. The molecule has 6 rings (SSSR count). The molecule has 3 aliphatic heterocycles. The normalized spacial score (nSPS) is 25.6. The van der Waals surface area contributed by atoms with Crippen LogP contribution in [0.5, 0.6) is 0 Å². The van der Waals surface area contributed by atoms with Crippen LogP contribution in [0.3, 0.4) is 0 Å². The minimum atomic E-state index is -3.34. The molecular formula is C34H44FN5O4Si. The van der Waals surface area contributed by atoms with E-state index in [1.807, 2.05) is 60.4 Å². The number of ether oxygens (including phenoxy) is 1. The van der Waals surface area contributed by atoms with Gasteiger partial charge in [-0.3, -0.25) is 14.3 Å². The molecule has 1 aromatic heterocycles. The van der Waals surface area contributed by atoms with Gasteiger partial charge in [0.05, 0.1) is 24.0 Å². The zero-order valence-corrected chi connectivity index (χ0v) is 27.5. The van der Waals surface area contributed by atoms with Crippen LogP contribution in [0.1, 0.15) is 62.3 Å². The molecule has 45 heavy (non-hydrogen) atoms. The van der Waals surface area contributed by atoms with Crippen molar-refractivity contribution in [1.82, 2.24) is 15.0 Å². The first-order valence-electron chi connectivity index (χ1n) is 16.3. The van der Waals surface area contributed by atoms with E-state index in [4.69, 9.17) is 4.74 Å². The lowest BCUT2D eigenvalue weighted by Crippen LogP contribution is -2.45. The number of aryl methyl sites for hydroxylation is 1. The number of benzene rings is 2. The second-order valence-corrected chi connectivity index (χ2v) is 17.1. The van der Waals surface area contributed by atoms with Gasteiger partial charge in [-0.15, -0.1) is 5.10 Å². The number of carbonyl (C=O) groups is 2. The van der Waals surface area contributed by atoms with Gasteiger partial charge in [0.25, 0.3) is 5.91 Å². The summed E-state index contributed by atoms with van der Waals surface area (Å²) >= 11 is 0. The Hall–Kier alpha value is -3.41. The number of carbonyl (C=O) groups excluding carboxylic acids is 2. The average molecular weight is 634 g/mol. The van der Waals surface area contributed by atoms with E-state index in [-0.39, 0.29) is 18.4 Å². The van der Waals surface area contributed by atoms with Crippen LogP contribution >= 0.6 is 0 Å². The Morgan fingerprint density at radius 3 is 2.62 bits per heavy atom. The van der Waals surface area contributed by atoms with Crippen molar-refractivity contribution in [1.29, 1.82) is 0 Å². The highest BCUT2D eigenvalue weighted by molar-refractivity contribution is 6.72. The maximum atomic E-state index is 16.3. The topological polar surface area (TPSA) is 101 Å². The standard InChI is InChI=1S/C34H44FN5O4Si/c1-24-32(45(2,3)35)30(16-19-38-23-26(17-20-41)36-37-38)44-34(24)28-21-27(39-18-10-5-4-9-13-31(39)42)14-15-29(28)40(33(34)43)22-25-11-7-6-8-12-25/h6-8,11-12,14-15,21,23-24,30,32,41H,4-5,9-10,13,16-20,22H2,1-3H3/t24-,30+,32-,34+/m1/s1. The molecule has 1 N–H and O–H groups in total. The summed E-state index contributed by atoms with van der Waals surface area (Å²) in [6.07, 6.45) is 6.59. The van der Waals surface area contributed by atoms with Crippen LogP contribution in [0.2, 0.25) is 18.6 Å². The van der Waals surface area contributed by atoms with Crippen molar-refractivity contribution in [2.24, 2.45) is 5.92 Å². The average Bonchev–Trinajstić information content (AvgIpc) is 3.65. The first-order chi connectivity index (χ1) is 21.6. The van der Waals surface area contributed by atoms with Crippen molar-refractivity contribution in [3.63, 3.8) is 0 Å². The molecule has 0 unspecified atom stereocenters. The number of amides is 2. The zero-order valence-electron chi connectivity index (χ0n) is 26.5. The van der Waals surface area contributed by atoms with E-state index in [9.17, 15) is 14.7 Å². The van der Waals surface area contributed by atoms with Gasteiger partial charge in [-0.25, -0.2) is 0 Å². The Kier molecular flexibility index (Phi) is 8.95. The molecule has 2 aromatic carbocycles. The third kappa shape index (κ3) is 5.97. The van der Waals surface area contributed by atoms with Crippen molar-refractivity contribution in [2.45, 2.75) is 95.3 Å². The Morgan fingerprint density at radius 1 is 1.09 bits per heavy atom. The Balaban J connectivity index is 1.40. The second kappa shape index (κ2) is 12.8. The third-order valence-electron chi connectivity index (χ3n) is 9.86. The first kappa shape index (κ1) is 31.6. The predicted octanol–water partition coefficient (Wildman–Crippen LogP) is 5.52. The van der Waals surface area contributed by atoms with Crippen LogP contribution in [0.15, 0.2) is 54.7 Å². The van der Waals surface area contributed by atoms with Gasteiger partial charge in [0.15, 0.2) is 5.60 Å². The molecule has 4 atom stereocenters. The number of fused-ring (bicyclic) bond motifs is 2. The lowest BCUT2D eigenvalue weighted by atomic mass is 9.82. The van der Waals surface area contributed by atoms with Crippen LogP contribution in [0.25, 0.3) is 0 Å². The molecule has 1 spiro atoms. The van der Waals surface area contributed by atoms with E-state index < -0.39 is 31.6 Å². The third-order valence-corrected chi connectivity index (χ3v) is 12.3. The number of nitrogens with zero attached hydrogens (tertiary/aromatic N) is 5. The number of halogens is 1. The summed E-state index contributed by atoms with van der Waals surface area (Å²) in [4.78, 5) is 31.7. The molecule has 240 valence electrons. The number of aliphatic hydroxyl groups excluding tert-OH is 1. The molecule has 0 aliphatic carbocycles. The lowest BCUT2D eigenvalue weighted by Gasteiger charge is -2.32. The number of aromatic nitrogens is 3. The Bertz CT molecular complexity index is 1530. The monoisotopic (exact) mass is 633 g/mol. The lowest BCUT2D eigenvalue weighted by molar-refractivity contribution is -0.146. The maximum absolute atomic E-state index is 16.3. The minimum Gasteiger partial charge on any atom is -0.396 e. The maximum Gasteiger partial charge on any atom is 0.264 e. The summed E-state index contributed by atoms with van der Waals surface area (Å²) in [5.74, 6) is -0.516. The molecule has 0 radical (unpaired) electrons. The fraction of sp³-hybridized carbons (Fsp3) is 0.529. The number of anilines is 2. The molecule has 2 amide bonds. The molecule has 2 saturated heterocycles. The summed E-state index contributed by atoms with van der Waals surface area (Å²) in [6, 6.07) is 15.7. The first-order valence-corrected chi connectivity index (χ1v) is 19.3. The Labute approximate surface area is 265 Å². The van der Waals surface area contributed by atoms with E-state index >= 15 is 4.11 Å². The zero-order chi connectivity index (χ0) is 31.8. The van der Waals surface area contributed by atoms with Crippen molar-refractivity contribution in [3.05, 3.63) is 71.5 Å². The van der Waals surface area contributed by atoms with Crippen molar-refractivity contribution < 1.29 is 23.5 Å². The molecule has 0 bridgehead atoms. The molecule has 3 aromatic rings. The predicted molar refractivity (Wildman–Crippen MR) is 173 cm³/mol. The smallest absolute Gasteiger partial charge is 0.264 e. The van der Waals surface area contributed by atoms with Crippen LogP contribution in [0.4, 0.5) is 15.5 Å². The quantitative estimate of drug-likeness (QED) is 0.246. The minimum absolute atomic E-state index is 0.0137. The van der Waals surface area contributed by atoms with Gasteiger partial charge < -0.3 is 23.8 Å². The summed E-state index contributed by atoms with van der Waals surface area (Å²) in [7, 11) is -3.34. The summed E-state index contributed by atoms with van der Waals surface area (Å²) in [5, 5.41) is 17.6. The highest BCUT2D eigenvalue weighted by Crippen LogP contribution is 2.60. The summed E-state index contributed by atoms with van der Waals surface area (Å²) < 4.78 is 25.0. The van der Waals surface area contributed by atoms with Crippen molar-refractivity contribution in [3.8, 4) is 0 Å². The van der Waals surface area contributed by atoms with Crippen LogP contribution in [-0.2, 0) is 39.4 Å². The Morgan fingerprint density at radius 2 is 1.87 bits per heavy atom. The van der Waals surface area contributed by atoms with Gasteiger partial charge in [-0.05, 0) is 56.1 Å². The van der Waals surface area contributed by atoms with E-state index in [1.54, 1.807) is 28.9 Å². The van der Waals surface area contributed by atoms with Crippen molar-refractivity contribution >= 4 is 31.6 Å². The van der Waals surface area contributed by atoms with E-state index in [1.165, 1.54) is 0 Å². The van der Waals surface area contributed by atoms with Gasteiger partial charge in [0.1, 0.15) is 0 Å². The highest BCUT2D eigenvalue weighted by atomic mass is 28.4. The van der Waals surface area contributed by atoms with Gasteiger partial charge in [0.2, 0.25) is 14.3 Å². The van der Waals surface area contributed by atoms with Crippen LogP contribution < -0.4 is 9.80 Å². The van der Waals surface area contributed by atoms with Gasteiger partial charge in [-0.2, -0.15) is 0 Å². The number of hydrogen-bond donors (Lipinski definition) is 1. The van der Waals surface area contributed by atoms with Crippen LogP contribution in [-0.4, -0.2) is 59.6 Å². The molecule has 0 saturated carbocycles. The second-order valence-electron chi connectivity index (χ2n) is 13.3. The van der Waals surface area contributed by atoms with E-state index in [2.05, 4.69) is 10.3 Å². The number of rotatable bonds is 9. The SMILES string of the molecule is C[C@@H]1[C@@H]([Si](C)(C)F)[C@H](CCn2cc(CCO)nn2)O[C@@]12C(=O)N(Cc1ccccc1)c1ccc(N3CCCCCCC3=O)cc12. The summed E-state index contributed by atoms with van der Waals surface area (Å²) in [5.41, 5.74) is 2.10. The fourth-order valence-corrected chi connectivity index (χ4v) is 10.3. The largest absolute Gasteiger partial charge is 0.396 e. The molecular weight excluding hydrogens is 589 g/mol. The molecule has 11 heteroatoms. The molecule has 4 heterocycles. The number of aliphatic hydroxyl groups is 1. The van der Waals surface area contributed by atoms with Gasteiger partial charge >= 0.3 is 0 Å². The number of hydrogen-bond acceptors (Lipinski definition) is 6. The van der Waals surface area contributed by atoms with Gasteiger partial charge in [0, 0.05) is 61.4 Å². The van der Waals surface area contributed by atoms with Crippen molar-refractivity contribution in [2.75, 3.05) is 23.0 Å². The van der Waals surface area contributed by atoms with Gasteiger partial charge in [-0.1, -0.05) is 55.3 Å². The van der Waals surface area contributed by atoms with Crippen LogP contribution in [0, 0.1) is 5.92 Å². The molecule has 3 aliphatic rings. The highest BCUT2D eigenvalue weighted by Gasteiger charge is 2.66. The molecule has 2 fully saturated rings.